The number of rotatable bonds is 4. The van der Waals surface area contributed by atoms with E-state index in [1.807, 2.05) is 0 Å². The normalized spacial score (nSPS) is 11.1. The van der Waals surface area contributed by atoms with Crippen LogP contribution in [0.15, 0.2) is 41.6 Å². The third-order valence-electron chi connectivity index (χ3n) is 2.78. The molecule has 0 fully saturated rings. The fraction of sp³-hybridized carbons (Fsp3) is 0.154. The zero-order chi connectivity index (χ0) is 14.8. The monoisotopic (exact) mass is 293 g/mol. The van der Waals surface area contributed by atoms with Crippen molar-refractivity contribution in [1.29, 1.82) is 0 Å². The number of pyridine rings is 1. The predicted molar refractivity (Wildman–Crippen MR) is 77.2 cm³/mol. The number of hydrogen-bond donors (Lipinski definition) is 2. The molecule has 7 heteroatoms. The van der Waals surface area contributed by atoms with Crippen molar-refractivity contribution >= 4 is 21.4 Å². The van der Waals surface area contributed by atoms with Gasteiger partial charge in [0.15, 0.2) is 0 Å². The molecule has 0 aliphatic rings. The molecule has 0 aliphatic heterocycles. The number of nitrogens with two attached hydrogens (primary N) is 1. The number of nitrogens with zero attached hydrogens (tertiary/aromatic N) is 1. The summed E-state index contributed by atoms with van der Waals surface area (Å²) in [5, 5.41) is 0. The first kappa shape index (κ1) is 14.1. The van der Waals surface area contributed by atoms with Crippen LogP contribution in [0.2, 0.25) is 0 Å². The van der Waals surface area contributed by atoms with E-state index in [0.717, 1.165) is 5.56 Å². The van der Waals surface area contributed by atoms with Gasteiger partial charge in [-0.05, 0) is 36.8 Å². The quantitative estimate of drug-likeness (QED) is 0.896. The second-order valence-corrected chi connectivity index (χ2v) is 5.85. The Morgan fingerprint density at radius 1 is 1.30 bits per heavy atom. The lowest BCUT2D eigenvalue weighted by Gasteiger charge is -2.12. The molecule has 0 bridgehead atoms. The molecule has 0 saturated carbocycles. The summed E-state index contributed by atoms with van der Waals surface area (Å²) in [5.74, 6) is 0.659. The molecule has 106 valence electrons. The van der Waals surface area contributed by atoms with Crippen LogP contribution < -0.4 is 15.2 Å². The molecular weight excluding hydrogens is 278 g/mol. The highest BCUT2D eigenvalue weighted by molar-refractivity contribution is 7.92. The highest BCUT2D eigenvalue weighted by Gasteiger charge is 2.18. The molecule has 3 N–H and O–H groups in total. The molecule has 0 atom stereocenters. The largest absolute Gasteiger partial charge is 0.497 e. The van der Waals surface area contributed by atoms with Gasteiger partial charge in [0.2, 0.25) is 0 Å². The van der Waals surface area contributed by atoms with Gasteiger partial charge in [0.25, 0.3) is 10.0 Å². The van der Waals surface area contributed by atoms with Crippen molar-refractivity contribution in [2.24, 2.45) is 0 Å². The molecule has 0 amide bonds. The Balaban J connectivity index is 2.36. The molecule has 0 radical (unpaired) electrons. The van der Waals surface area contributed by atoms with Crippen LogP contribution >= 0.6 is 0 Å². The summed E-state index contributed by atoms with van der Waals surface area (Å²) in [5.41, 5.74) is 7.03. The van der Waals surface area contributed by atoms with E-state index in [2.05, 4.69) is 9.71 Å². The minimum atomic E-state index is -3.76. The molecule has 0 saturated heterocycles. The standard InChI is InChI=1S/C13H15N3O3S/c1-9-7-10(19-2)3-4-12(9)16-20(17,18)13-8-15-6-5-11(13)14/h3-8,16H,1-2H3,(H2,14,15). The molecule has 2 aromatic rings. The summed E-state index contributed by atoms with van der Waals surface area (Å²) in [7, 11) is -2.21. The van der Waals surface area contributed by atoms with E-state index in [1.54, 1.807) is 32.2 Å². The van der Waals surface area contributed by atoms with Crippen molar-refractivity contribution in [2.75, 3.05) is 17.6 Å². The first-order chi connectivity index (χ1) is 9.44. The smallest absolute Gasteiger partial charge is 0.265 e. The van der Waals surface area contributed by atoms with Gasteiger partial charge in [0.1, 0.15) is 10.6 Å². The highest BCUT2D eigenvalue weighted by atomic mass is 32.2. The van der Waals surface area contributed by atoms with Crippen LogP contribution in [0.5, 0.6) is 5.75 Å². The summed E-state index contributed by atoms with van der Waals surface area (Å²) >= 11 is 0. The Kier molecular flexibility index (Phi) is 3.80. The van der Waals surface area contributed by atoms with Crippen molar-refractivity contribution in [1.82, 2.24) is 4.98 Å². The van der Waals surface area contributed by atoms with Crippen LogP contribution in [0.1, 0.15) is 5.56 Å². The molecule has 1 aromatic heterocycles. The van der Waals surface area contributed by atoms with Crippen molar-refractivity contribution in [3.8, 4) is 5.75 Å². The topological polar surface area (TPSA) is 94.3 Å². The van der Waals surface area contributed by atoms with Gasteiger partial charge in [-0.3, -0.25) is 9.71 Å². The minimum Gasteiger partial charge on any atom is -0.497 e. The average molecular weight is 293 g/mol. The molecule has 0 aliphatic carbocycles. The maximum absolute atomic E-state index is 12.3. The number of nitrogens with one attached hydrogen (secondary N) is 1. The number of hydrogen-bond acceptors (Lipinski definition) is 5. The number of ether oxygens (including phenoxy) is 1. The number of benzene rings is 1. The first-order valence-electron chi connectivity index (χ1n) is 5.81. The lowest BCUT2D eigenvalue weighted by Crippen LogP contribution is -2.15. The van der Waals surface area contributed by atoms with Crippen LogP contribution in [0.25, 0.3) is 0 Å². The van der Waals surface area contributed by atoms with Gasteiger partial charge in [0, 0.05) is 12.4 Å². The number of aryl methyl sites for hydroxylation is 1. The van der Waals surface area contributed by atoms with Crippen LogP contribution in [-0.2, 0) is 10.0 Å². The van der Waals surface area contributed by atoms with E-state index in [0.29, 0.717) is 11.4 Å². The average Bonchev–Trinajstić information content (AvgIpc) is 2.41. The van der Waals surface area contributed by atoms with Crippen LogP contribution in [0.4, 0.5) is 11.4 Å². The first-order valence-corrected chi connectivity index (χ1v) is 7.29. The van der Waals surface area contributed by atoms with Gasteiger partial charge in [-0.1, -0.05) is 0 Å². The van der Waals surface area contributed by atoms with Gasteiger partial charge in [0.05, 0.1) is 18.5 Å². The maximum Gasteiger partial charge on any atom is 0.265 e. The van der Waals surface area contributed by atoms with E-state index in [9.17, 15) is 8.42 Å². The van der Waals surface area contributed by atoms with E-state index >= 15 is 0 Å². The molecule has 0 unspecified atom stereocenters. The van der Waals surface area contributed by atoms with Crippen LogP contribution in [0.3, 0.4) is 0 Å². The Hall–Kier alpha value is -2.28. The van der Waals surface area contributed by atoms with Gasteiger partial charge in [-0.2, -0.15) is 0 Å². The lowest BCUT2D eigenvalue weighted by atomic mass is 10.2. The fourth-order valence-electron chi connectivity index (χ4n) is 1.69. The molecular formula is C13H15N3O3S. The number of anilines is 2. The summed E-state index contributed by atoms with van der Waals surface area (Å²) in [6.45, 7) is 1.78. The zero-order valence-corrected chi connectivity index (χ0v) is 11.9. The van der Waals surface area contributed by atoms with Gasteiger partial charge in [-0.15, -0.1) is 0 Å². The van der Waals surface area contributed by atoms with Crippen molar-refractivity contribution < 1.29 is 13.2 Å². The second kappa shape index (κ2) is 5.38. The molecule has 2 rings (SSSR count). The van der Waals surface area contributed by atoms with Crippen LogP contribution in [-0.4, -0.2) is 20.5 Å². The third-order valence-corrected chi connectivity index (χ3v) is 4.19. The minimum absolute atomic E-state index is 0.0461. The van der Waals surface area contributed by atoms with Gasteiger partial charge in [-0.25, -0.2) is 8.42 Å². The number of nitrogen functional groups attached to an aromatic ring is 1. The van der Waals surface area contributed by atoms with Crippen molar-refractivity contribution in [2.45, 2.75) is 11.8 Å². The zero-order valence-electron chi connectivity index (χ0n) is 11.1. The highest BCUT2D eigenvalue weighted by Crippen LogP contribution is 2.25. The third kappa shape index (κ3) is 2.83. The maximum atomic E-state index is 12.3. The summed E-state index contributed by atoms with van der Waals surface area (Å²) in [4.78, 5) is 3.74. The number of sulfonamides is 1. The fourth-order valence-corrected chi connectivity index (χ4v) is 2.90. The number of methoxy groups -OCH3 is 1. The Morgan fingerprint density at radius 3 is 2.65 bits per heavy atom. The van der Waals surface area contributed by atoms with Crippen LogP contribution in [0, 0.1) is 6.92 Å². The van der Waals surface area contributed by atoms with Crippen molar-refractivity contribution in [3.05, 3.63) is 42.2 Å². The van der Waals surface area contributed by atoms with Crippen molar-refractivity contribution in [3.63, 3.8) is 0 Å². The van der Waals surface area contributed by atoms with E-state index < -0.39 is 10.0 Å². The predicted octanol–water partition coefficient (Wildman–Crippen LogP) is 1.78. The Bertz CT molecular complexity index is 729. The molecule has 1 aromatic carbocycles. The Morgan fingerprint density at radius 2 is 2.05 bits per heavy atom. The SMILES string of the molecule is COc1ccc(NS(=O)(=O)c2cnccc2N)c(C)c1. The van der Waals surface area contributed by atoms with E-state index in [1.165, 1.54) is 18.5 Å². The van der Waals surface area contributed by atoms with Gasteiger partial charge < -0.3 is 10.5 Å². The molecule has 1 heterocycles. The molecule has 0 spiro atoms. The van der Waals surface area contributed by atoms with E-state index in [4.69, 9.17) is 10.5 Å². The number of aromatic nitrogens is 1. The molecule has 6 nitrogen and oxygen atoms in total. The molecule has 20 heavy (non-hydrogen) atoms. The van der Waals surface area contributed by atoms with E-state index in [-0.39, 0.29) is 10.6 Å². The Labute approximate surface area is 117 Å². The van der Waals surface area contributed by atoms with Gasteiger partial charge >= 0.3 is 0 Å². The second-order valence-electron chi connectivity index (χ2n) is 4.20. The summed E-state index contributed by atoms with van der Waals surface area (Å²) in [6.07, 6.45) is 2.66. The lowest BCUT2D eigenvalue weighted by molar-refractivity contribution is 0.414. The summed E-state index contributed by atoms with van der Waals surface area (Å²) in [6, 6.07) is 6.50. The summed E-state index contributed by atoms with van der Waals surface area (Å²) < 4.78 is 32.1.